The van der Waals surface area contributed by atoms with E-state index < -0.39 is 0 Å². The van der Waals surface area contributed by atoms with Crippen molar-refractivity contribution in [3.8, 4) is 0 Å². The van der Waals surface area contributed by atoms with Crippen LogP contribution in [0.5, 0.6) is 0 Å². The molecule has 1 fully saturated rings. The van der Waals surface area contributed by atoms with Crippen LogP contribution in [0.2, 0.25) is 0 Å². The quantitative estimate of drug-likeness (QED) is 0.752. The summed E-state index contributed by atoms with van der Waals surface area (Å²) in [5.41, 5.74) is 1.78. The standard InChI is InChI=1S/C19H31NS/c1-18(2,3)14-17(16-10-6-5-7-11-16)20-15-19(21-4)12-8-9-13-19/h5-7,10-11,17,20H,8-9,12-15H2,1-4H3. The molecule has 0 aromatic heterocycles. The van der Waals surface area contributed by atoms with Gasteiger partial charge in [0, 0.05) is 17.3 Å². The SMILES string of the molecule is CSC1(CNC(CC(C)(C)C)c2ccccc2)CCCC1. The molecule has 21 heavy (non-hydrogen) atoms. The Balaban J connectivity index is 2.06. The fourth-order valence-corrected chi connectivity index (χ4v) is 4.31. The fourth-order valence-electron chi connectivity index (χ4n) is 3.39. The Morgan fingerprint density at radius 3 is 2.29 bits per heavy atom. The molecule has 1 aliphatic carbocycles. The van der Waals surface area contributed by atoms with Crippen molar-refractivity contribution in [3.05, 3.63) is 35.9 Å². The van der Waals surface area contributed by atoms with Gasteiger partial charge < -0.3 is 5.32 Å². The maximum absolute atomic E-state index is 3.91. The highest BCUT2D eigenvalue weighted by Gasteiger charge is 2.33. The average Bonchev–Trinajstić information content (AvgIpc) is 2.93. The van der Waals surface area contributed by atoms with Gasteiger partial charge in [0.2, 0.25) is 0 Å². The molecule has 1 nitrogen and oxygen atoms in total. The predicted octanol–water partition coefficient (Wildman–Crippen LogP) is 5.43. The van der Waals surface area contributed by atoms with Gasteiger partial charge in [-0.1, -0.05) is 63.9 Å². The molecule has 0 aliphatic heterocycles. The predicted molar refractivity (Wildman–Crippen MR) is 96.0 cm³/mol. The Bertz CT molecular complexity index is 415. The number of benzene rings is 1. The number of rotatable bonds is 6. The fraction of sp³-hybridized carbons (Fsp3) is 0.684. The highest BCUT2D eigenvalue weighted by molar-refractivity contribution is 8.00. The molecule has 0 heterocycles. The van der Waals surface area contributed by atoms with Crippen LogP contribution in [0.3, 0.4) is 0 Å². The lowest BCUT2D eigenvalue weighted by Crippen LogP contribution is -2.38. The van der Waals surface area contributed by atoms with Gasteiger partial charge in [-0.2, -0.15) is 11.8 Å². The minimum atomic E-state index is 0.343. The van der Waals surface area contributed by atoms with Crippen molar-refractivity contribution >= 4 is 11.8 Å². The zero-order chi connectivity index (χ0) is 15.3. The molecule has 0 spiro atoms. The molecule has 1 aromatic rings. The summed E-state index contributed by atoms with van der Waals surface area (Å²) in [5, 5.41) is 3.91. The van der Waals surface area contributed by atoms with Crippen molar-refractivity contribution in [2.75, 3.05) is 12.8 Å². The van der Waals surface area contributed by atoms with Crippen molar-refractivity contribution < 1.29 is 0 Å². The molecule has 1 atom stereocenters. The third kappa shape index (κ3) is 5.03. The highest BCUT2D eigenvalue weighted by Crippen LogP contribution is 2.40. The van der Waals surface area contributed by atoms with Crippen LogP contribution in [0.4, 0.5) is 0 Å². The van der Waals surface area contributed by atoms with Crippen LogP contribution in [0.15, 0.2) is 30.3 Å². The topological polar surface area (TPSA) is 12.0 Å². The first kappa shape index (κ1) is 16.9. The van der Waals surface area contributed by atoms with Crippen LogP contribution in [0.25, 0.3) is 0 Å². The smallest absolute Gasteiger partial charge is 0.0325 e. The Morgan fingerprint density at radius 2 is 1.76 bits per heavy atom. The Kier molecular flexibility index (Phi) is 5.79. The highest BCUT2D eigenvalue weighted by atomic mass is 32.2. The summed E-state index contributed by atoms with van der Waals surface area (Å²) in [7, 11) is 0. The molecule has 1 aliphatic rings. The van der Waals surface area contributed by atoms with Crippen LogP contribution < -0.4 is 5.32 Å². The van der Waals surface area contributed by atoms with E-state index in [1.807, 2.05) is 0 Å². The van der Waals surface area contributed by atoms with Crippen molar-refractivity contribution in [3.63, 3.8) is 0 Å². The maximum Gasteiger partial charge on any atom is 0.0325 e. The van der Waals surface area contributed by atoms with Gasteiger partial charge in [0.25, 0.3) is 0 Å². The van der Waals surface area contributed by atoms with Crippen molar-refractivity contribution in [2.24, 2.45) is 5.41 Å². The van der Waals surface area contributed by atoms with Gasteiger partial charge in [-0.15, -0.1) is 0 Å². The molecule has 0 amide bonds. The van der Waals surface area contributed by atoms with Crippen molar-refractivity contribution in [1.82, 2.24) is 5.32 Å². The molecular weight excluding hydrogens is 274 g/mol. The molecule has 1 unspecified atom stereocenters. The van der Waals surface area contributed by atoms with E-state index in [2.05, 4.69) is 74.4 Å². The van der Waals surface area contributed by atoms with E-state index in [1.54, 1.807) is 0 Å². The second-order valence-electron chi connectivity index (χ2n) is 7.70. The van der Waals surface area contributed by atoms with E-state index in [4.69, 9.17) is 0 Å². The van der Waals surface area contributed by atoms with E-state index >= 15 is 0 Å². The molecule has 1 saturated carbocycles. The number of nitrogens with one attached hydrogen (secondary N) is 1. The van der Waals surface area contributed by atoms with Gasteiger partial charge in [0.05, 0.1) is 0 Å². The third-order valence-corrected chi connectivity index (χ3v) is 6.06. The number of thioether (sulfide) groups is 1. The van der Waals surface area contributed by atoms with E-state index in [0.717, 1.165) is 6.54 Å². The zero-order valence-electron chi connectivity index (χ0n) is 14.1. The van der Waals surface area contributed by atoms with Gasteiger partial charge in [-0.05, 0) is 36.5 Å². The Labute approximate surface area is 135 Å². The van der Waals surface area contributed by atoms with Crippen LogP contribution >= 0.6 is 11.8 Å². The Morgan fingerprint density at radius 1 is 1.14 bits per heavy atom. The van der Waals surface area contributed by atoms with Gasteiger partial charge in [0.15, 0.2) is 0 Å². The molecule has 0 saturated heterocycles. The summed E-state index contributed by atoms with van der Waals surface area (Å²) >= 11 is 2.07. The number of hydrogen-bond acceptors (Lipinski definition) is 2. The summed E-state index contributed by atoms with van der Waals surface area (Å²) in [4.78, 5) is 0. The molecule has 118 valence electrons. The van der Waals surface area contributed by atoms with E-state index in [0.29, 0.717) is 16.2 Å². The normalized spacial score (nSPS) is 19.6. The van der Waals surface area contributed by atoms with Crippen molar-refractivity contribution in [1.29, 1.82) is 0 Å². The van der Waals surface area contributed by atoms with Gasteiger partial charge >= 0.3 is 0 Å². The largest absolute Gasteiger partial charge is 0.309 e. The summed E-state index contributed by atoms with van der Waals surface area (Å²) in [6.07, 6.45) is 9.02. The third-order valence-electron chi connectivity index (χ3n) is 4.64. The lowest BCUT2D eigenvalue weighted by Gasteiger charge is -2.33. The minimum Gasteiger partial charge on any atom is -0.309 e. The van der Waals surface area contributed by atoms with Crippen molar-refractivity contribution in [2.45, 2.75) is 63.7 Å². The van der Waals surface area contributed by atoms with Crippen LogP contribution in [-0.4, -0.2) is 17.5 Å². The molecule has 1 N–H and O–H groups in total. The lowest BCUT2D eigenvalue weighted by molar-refractivity contribution is 0.304. The second kappa shape index (κ2) is 7.19. The van der Waals surface area contributed by atoms with Crippen LogP contribution in [0.1, 0.15) is 64.5 Å². The molecule has 1 aromatic carbocycles. The monoisotopic (exact) mass is 305 g/mol. The molecule has 0 bridgehead atoms. The summed E-state index contributed by atoms with van der Waals surface area (Å²) < 4.78 is 0.477. The van der Waals surface area contributed by atoms with E-state index in [-0.39, 0.29) is 0 Å². The van der Waals surface area contributed by atoms with Crippen LogP contribution in [0, 0.1) is 5.41 Å². The van der Waals surface area contributed by atoms with E-state index in [1.165, 1.54) is 37.7 Å². The maximum atomic E-state index is 3.91. The summed E-state index contributed by atoms with van der Waals surface area (Å²) in [6, 6.07) is 11.4. The molecule has 2 rings (SSSR count). The second-order valence-corrected chi connectivity index (χ2v) is 8.98. The van der Waals surface area contributed by atoms with Gasteiger partial charge in [0.1, 0.15) is 0 Å². The first-order valence-electron chi connectivity index (χ1n) is 8.28. The van der Waals surface area contributed by atoms with Gasteiger partial charge in [-0.3, -0.25) is 0 Å². The first-order chi connectivity index (χ1) is 9.94. The molecular formula is C19H31NS. The first-order valence-corrected chi connectivity index (χ1v) is 9.50. The Hall–Kier alpha value is -0.470. The summed E-state index contributed by atoms with van der Waals surface area (Å²) in [6.45, 7) is 8.16. The molecule has 0 radical (unpaired) electrons. The molecule has 2 heteroatoms. The van der Waals surface area contributed by atoms with Crippen LogP contribution in [-0.2, 0) is 0 Å². The minimum absolute atomic E-state index is 0.343. The zero-order valence-corrected chi connectivity index (χ0v) is 14.9. The lowest BCUT2D eigenvalue weighted by atomic mass is 9.85. The average molecular weight is 306 g/mol. The van der Waals surface area contributed by atoms with E-state index in [9.17, 15) is 0 Å². The number of hydrogen-bond donors (Lipinski definition) is 1. The summed E-state index contributed by atoms with van der Waals surface area (Å²) in [5.74, 6) is 0. The van der Waals surface area contributed by atoms with Gasteiger partial charge in [-0.25, -0.2) is 0 Å².